The predicted molar refractivity (Wildman–Crippen MR) is 63.2 cm³/mol. The van der Waals surface area contributed by atoms with E-state index in [1.165, 1.54) is 0 Å². The number of pyridine rings is 2. The molecule has 2 heterocycles. The molecule has 0 aliphatic rings. The third kappa shape index (κ3) is 1.82. The maximum Gasteiger partial charge on any atom is 0.145 e. The number of aryl methyl sites for hydroxylation is 1. The number of nitrogens with two attached hydrogens (primary N) is 1. The van der Waals surface area contributed by atoms with Gasteiger partial charge in [-0.1, -0.05) is 0 Å². The maximum absolute atomic E-state index is 5.61. The third-order valence-electron chi connectivity index (χ3n) is 2.35. The highest BCUT2D eigenvalue weighted by Gasteiger charge is 2.09. The minimum atomic E-state index is 0.510. The van der Waals surface area contributed by atoms with Crippen molar-refractivity contribution in [1.82, 2.24) is 9.97 Å². The Bertz CT molecular complexity index is 511. The van der Waals surface area contributed by atoms with E-state index in [0.717, 1.165) is 22.7 Å². The molecule has 2 aromatic rings. The minimum Gasteiger partial charge on any atom is -0.494 e. The number of anilines is 1. The molecule has 0 aliphatic heterocycles. The Labute approximate surface area is 94.1 Å². The summed E-state index contributed by atoms with van der Waals surface area (Å²) in [6, 6.07) is 7.37. The van der Waals surface area contributed by atoms with Crippen molar-refractivity contribution in [2.75, 3.05) is 12.8 Å². The summed E-state index contributed by atoms with van der Waals surface area (Å²) in [5.74, 6) is 1.24. The van der Waals surface area contributed by atoms with Crippen molar-refractivity contribution < 1.29 is 4.74 Å². The molecule has 0 saturated heterocycles. The van der Waals surface area contributed by atoms with Crippen molar-refractivity contribution in [2.45, 2.75) is 6.92 Å². The highest BCUT2D eigenvalue weighted by atomic mass is 16.5. The summed E-state index contributed by atoms with van der Waals surface area (Å²) in [7, 11) is 1.63. The summed E-state index contributed by atoms with van der Waals surface area (Å²) in [5.41, 5.74) is 8.18. The lowest BCUT2D eigenvalue weighted by atomic mass is 10.1. The van der Waals surface area contributed by atoms with Crippen molar-refractivity contribution in [1.29, 1.82) is 0 Å². The summed E-state index contributed by atoms with van der Waals surface area (Å²) in [4.78, 5) is 8.51. The van der Waals surface area contributed by atoms with Crippen LogP contribution in [0.25, 0.3) is 11.3 Å². The molecule has 16 heavy (non-hydrogen) atoms. The quantitative estimate of drug-likeness (QED) is 0.832. The summed E-state index contributed by atoms with van der Waals surface area (Å²) >= 11 is 0. The number of nitrogens with zero attached hydrogens (tertiary/aromatic N) is 2. The van der Waals surface area contributed by atoms with E-state index in [-0.39, 0.29) is 0 Å². The average molecular weight is 215 g/mol. The van der Waals surface area contributed by atoms with Crippen molar-refractivity contribution in [3.05, 3.63) is 36.2 Å². The summed E-state index contributed by atoms with van der Waals surface area (Å²) in [6.07, 6.45) is 1.73. The zero-order chi connectivity index (χ0) is 11.5. The fourth-order valence-corrected chi connectivity index (χ4v) is 1.59. The van der Waals surface area contributed by atoms with Gasteiger partial charge in [0.1, 0.15) is 17.3 Å². The number of ether oxygens (including phenoxy) is 1. The Balaban J connectivity index is 2.58. The first kappa shape index (κ1) is 10.4. The lowest BCUT2D eigenvalue weighted by Gasteiger charge is -2.09. The Morgan fingerprint density at radius 2 is 2.06 bits per heavy atom. The van der Waals surface area contributed by atoms with Gasteiger partial charge in [0.15, 0.2) is 0 Å². The van der Waals surface area contributed by atoms with Crippen LogP contribution >= 0.6 is 0 Å². The van der Waals surface area contributed by atoms with E-state index in [2.05, 4.69) is 9.97 Å². The van der Waals surface area contributed by atoms with Crippen molar-refractivity contribution in [2.24, 2.45) is 0 Å². The Hall–Kier alpha value is -2.10. The van der Waals surface area contributed by atoms with Gasteiger partial charge in [-0.05, 0) is 31.2 Å². The molecule has 0 amide bonds. The van der Waals surface area contributed by atoms with Crippen LogP contribution in [0, 0.1) is 6.92 Å². The van der Waals surface area contributed by atoms with Crippen LogP contribution in [0.1, 0.15) is 5.69 Å². The second-order valence-electron chi connectivity index (χ2n) is 3.42. The van der Waals surface area contributed by atoms with Gasteiger partial charge in [0.2, 0.25) is 0 Å². The van der Waals surface area contributed by atoms with Crippen molar-refractivity contribution >= 4 is 5.82 Å². The molecule has 82 valence electrons. The minimum absolute atomic E-state index is 0.510. The van der Waals surface area contributed by atoms with Crippen LogP contribution in [0.15, 0.2) is 30.5 Å². The van der Waals surface area contributed by atoms with Gasteiger partial charge in [0.25, 0.3) is 0 Å². The second kappa shape index (κ2) is 4.18. The molecule has 0 atom stereocenters. The van der Waals surface area contributed by atoms with Crippen molar-refractivity contribution in [3.8, 4) is 17.0 Å². The fraction of sp³-hybridized carbons (Fsp3) is 0.167. The first-order valence-corrected chi connectivity index (χ1v) is 4.95. The number of aromatic nitrogens is 2. The van der Waals surface area contributed by atoms with Gasteiger partial charge < -0.3 is 10.5 Å². The van der Waals surface area contributed by atoms with Gasteiger partial charge >= 0.3 is 0 Å². The number of nitrogen functional groups attached to an aromatic ring is 1. The monoisotopic (exact) mass is 215 g/mol. The fourth-order valence-electron chi connectivity index (χ4n) is 1.59. The molecular weight excluding hydrogens is 202 g/mol. The molecule has 0 fully saturated rings. The van der Waals surface area contributed by atoms with Crippen LogP contribution in [-0.2, 0) is 0 Å². The number of hydrogen-bond acceptors (Lipinski definition) is 4. The molecule has 2 rings (SSSR count). The van der Waals surface area contributed by atoms with Crippen LogP contribution < -0.4 is 10.5 Å². The molecule has 0 saturated carbocycles. The molecule has 2 N–H and O–H groups in total. The maximum atomic E-state index is 5.61. The summed E-state index contributed by atoms with van der Waals surface area (Å²) < 4.78 is 5.26. The molecule has 0 aliphatic carbocycles. The normalized spacial score (nSPS) is 10.1. The first-order valence-electron chi connectivity index (χ1n) is 4.95. The molecule has 0 radical (unpaired) electrons. The molecule has 0 unspecified atom stereocenters. The van der Waals surface area contributed by atoms with Crippen LogP contribution in [0.4, 0.5) is 5.82 Å². The highest BCUT2D eigenvalue weighted by Crippen LogP contribution is 2.29. The molecule has 2 aromatic heterocycles. The molecule has 4 heteroatoms. The van der Waals surface area contributed by atoms with Crippen LogP contribution in [0.2, 0.25) is 0 Å². The summed E-state index contributed by atoms with van der Waals surface area (Å²) in [6.45, 7) is 1.90. The molecule has 0 aromatic carbocycles. The Morgan fingerprint density at radius 1 is 1.25 bits per heavy atom. The Morgan fingerprint density at radius 3 is 2.75 bits per heavy atom. The zero-order valence-electron chi connectivity index (χ0n) is 9.27. The van der Waals surface area contributed by atoms with Gasteiger partial charge in [-0.2, -0.15) is 0 Å². The number of methoxy groups -OCH3 is 1. The number of hydrogen-bond donors (Lipinski definition) is 1. The molecule has 4 nitrogen and oxygen atoms in total. The zero-order valence-corrected chi connectivity index (χ0v) is 9.27. The first-order chi connectivity index (χ1) is 7.72. The van der Waals surface area contributed by atoms with E-state index < -0.39 is 0 Å². The van der Waals surface area contributed by atoms with E-state index in [9.17, 15) is 0 Å². The smallest absolute Gasteiger partial charge is 0.145 e. The molecule has 0 spiro atoms. The largest absolute Gasteiger partial charge is 0.494 e. The summed E-state index contributed by atoms with van der Waals surface area (Å²) in [5, 5.41) is 0. The molecular formula is C12H13N3O. The number of rotatable bonds is 2. The van der Waals surface area contributed by atoms with E-state index in [1.54, 1.807) is 19.4 Å². The topological polar surface area (TPSA) is 61.0 Å². The van der Waals surface area contributed by atoms with E-state index >= 15 is 0 Å². The average Bonchev–Trinajstić information content (AvgIpc) is 2.29. The van der Waals surface area contributed by atoms with Gasteiger partial charge in [-0.25, -0.2) is 4.98 Å². The second-order valence-corrected chi connectivity index (χ2v) is 3.42. The SMILES string of the molecule is COc1cccnc1-c1ccc(N)nc1C. The Kier molecular flexibility index (Phi) is 2.72. The van der Waals surface area contributed by atoms with Crippen LogP contribution in [0.3, 0.4) is 0 Å². The van der Waals surface area contributed by atoms with E-state index in [1.807, 2.05) is 25.1 Å². The van der Waals surface area contributed by atoms with E-state index in [4.69, 9.17) is 10.5 Å². The van der Waals surface area contributed by atoms with E-state index in [0.29, 0.717) is 5.82 Å². The predicted octanol–water partition coefficient (Wildman–Crippen LogP) is 2.04. The highest BCUT2D eigenvalue weighted by molar-refractivity contribution is 5.68. The standard InChI is InChI=1S/C12H13N3O/c1-8-9(5-6-11(13)15-8)12-10(16-2)4-3-7-14-12/h3-7H,1-2H3,(H2,13,15). The van der Waals surface area contributed by atoms with Gasteiger partial charge in [0.05, 0.1) is 7.11 Å². The molecule has 0 bridgehead atoms. The van der Waals surface area contributed by atoms with Crippen molar-refractivity contribution in [3.63, 3.8) is 0 Å². The lowest BCUT2D eigenvalue weighted by molar-refractivity contribution is 0.415. The third-order valence-corrected chi connectivity index (χ3v) is 2.35. The van der Waals surface area contributed by atoms with Crippen LogP contribution in [-0.4, -0.2) is 17.1 Å². The van der Waals surface area contributed by atoms with Gasteiger partial charge in [-0.3, -0.25) is 4.98 Å². The van der Waals surface area contributed by atoms with Gasteiger partial charge in [-0.15, -0.1) is 0 Å². The van der Waals surface area contributed by atoms with Gasteiger partial charge in [0, 0.05) is 17.5 Å². The van der Waals surface area contributed by atoms with Crippen LogP contribution in [0.5, 0.6) is 5.75 Å². The lowest BCUT2D eigenvalue weighted by Crippen LogP contribution is -1.97.